The van der Waals surface area contributed by atoms with Crippen molar-refractivity contribution in [1.29, 1.82) is 0 Å². The molecule has 4 unspecified atom stereocenters. The van der Waals surface area contributed by atoms with Gasteiger partial charge >= 0.3 is 64.3 Å². The minimum atomic E-state index is -5.86. The van der Waals surface area contributed by atoms with Gasteiger partial charge in [0.05, 0.1) is 121 Å². The molecule has 127 heavy (non-hydrogen) atoms. The highest BCUT2D eigenvalue weighted by Gasteiger charge is 2.46. The van der Waals surface area contributed by atoms with E-state index in [9.17, 15) is 121 Å². The second-order valence-electron chi connectivity index (χ2n) is 27.5. The van der Waals surface area contributed by atoms with E-state index in [1.54, 1.807) is 33.8 Å². The van der Waals surface area contributed by atoms with Crippen molar-refractivity contribution in [3.05, 3.63) is 206 Å². The van der Waals surface area contributed by atoms with E-state index in [2.05, 4.69) is 65.3 Å². The summed E-state index contributed by atoms with van der Waals surface area (Å²) in [6, 6.07) is 14.3. The van der Waals surface area contributed by atoms with Crippen molar-refractivity contribution in [3.8, 4) is 63.4 Å². The number of rotatable bonds is 34. The Morgan fingerprint density at radius 2 is 1.09 bits per heavy atom. The van der Waals surface area contributed by atoms with Crippen LogP contribution in [0.4, 0.5) is 11.4 Å². The number of aromatic carboxylic acids is 1. The molecule has 2 saturated heterocycles. The zero-order chi connectivity index (χ0) is 94.2. The van der Waals surface area contributed by atoms with Gasteiger partial charge in [-0.25, -0.2) is 41.8 Å². The van der Waals surface area contributed by atoms with Crippen molar-refractivity contribution in [2.45, 2.75) is 103 Å². The number of carbonyl (C=O) groups is 2. The molecule has 4 aromatic carbocycles. The van der Waals surface area contributed by atoms with E-state index in [-0.39, 0.29) is 115 Å². The number of halogens is 2. The molecule has 10 rings (SSSR count). The van der Waals surface area contributed by atoms with Gasteiger partial charge in [-0.15, -0.1) is 0 Å². The number of nitro groups is 2. The Kier molecular flexibility index (Phi) is 32.9. The highest BCUT2D eigenvalue weighted by molar-refractivity contribution is 7.67. The van der Waals surface area contributed by atoms with Crippen LogP contribution < -0.4 is 53.6 Å². The number of carboxylic acids is 1. The van der Waals surface area contributed by atoms with Gasteiger partial charge in [0.2, 0.25) is 5.43 Å². The molecular weight excluding hydrogens is 1870 g/mol. The number of nitrogens with zero attached hydrogens (tertiary/aromatic N) is 4. The number of carbonyl (C=O) groups excluding carboxylic acids is 1. The lowest BCUT2D eigenvalue weighted by atomic mass is 9.89. The molecule has 0 radical (unpaired) electrons. The predicted molar refractivity (Wildman–Crippen MR) is 431 cm³/mol. The maximum Gasteiger partial charge on any atom is 0.490 e. The van der Waals surface area contributed by atoms with Gasteiger partial charge in [-0.2, -0.15) is 17.2 Å². The number of carboxylic acid groups (broad SMARTS) is 1. The van der Waals surface area contributed by atoms with Gasteiger partial charge in [-0.05, 0) is 77.7 Å². The number of nitro benzene ring substituents is 2. The van der Waals surface area contributed by atoms with Crippen LogP contribution in [-0.2, 0) is 85.8 Å². The molecule has 6 aromatic rings. The van der Waals surface area contributed by atoms with Gasteiger partial charge in [-0.1, -0.05) is 74.6 Å². The predicted octanol–water partition coefficient (Wildman–Crippen LogP) is 5.77. The molecule has 0 saturated carbocycles. The van der Waals surface area contributed by atoms with Gasteiger partial charge in [0.25, 0.3) is 28.4 Å². The first-order valence-electron chi connectivity index (χ1n) is 35.9. The van der Waals surface area contributed by atoms with Gasteiger partial charge in [0, 0.05) is 70.6 Å². The average molecular weight is 1940 g/mol. The standard InChI is InChI=1S/C46H43Cl2N4O25P3.C23H31N4O17P3/c1-20(2)40(72-18-23-17-51(46(60)50-44(23)57)34-16-30(53)33(74-34)19-73-79(66,67)77-80(68,69)76-78(63,64)65)25-9-7-21(12-29(25)52(61)62)6-5-11-49-43(56)22-8-10-24(45(58)59)26(13-22)35-27-14-31(70-3)38(54)36(47)41(27)75-42-28(35)15-32(71-4)39(55)37(42)48;1-13(2)21(16-6-5-14(4-3-7-24)8-17(16)27(31)32)40-11-15-10-26(23(30)25-22(15)29)20-9-18(28)19(42-20)12-41-46(36,37)44-47(38,39)43-45(33,34)35/h7-10,12-15,17,20,30,33-34,40,53-54H,11,16,18-19H2,1-4H3,(H,49,56)(H,58,59)(H,66,67)(H,68,69)(H,50,57,60)(H2,63,64,65);5-6,8,10,13,18-21,28H,7,9,11-12,24H2,1-2H3,(H,36,37)(H,38,39)(H,25,29,30)(H2,33,34,35)/p-1/t30-,33-,34-,40-;18-,19-,20-,21-/m11/s1. The number of fused-ring (bicyclic) bond motifs is 2. The fourth-order valence-corrected chi connectivity index (χ4v) is 19.1. The number of aliphatic hydroxyl groups excluding tert-OH is 2. The number of benzene rings is 5. The number of amides is 1. The summed E-state index contributed by atoms with van der Waals surface area (Å²) in [6.07, 6.45) is -9.27. The first-order chi connectivity index (χ1) is 59.2. The van der Waals surface area contributed by atoms with Crippen LogP contribution in [0, 0.1) is 55.7 Å². The number of phosphoric ester groups is 2. The zero-order valence-corrected chi connectivity index (χ0v) is 72.7. The number of ether oxygens (including phenoxy) is 6. The Morgan fingerprint density at radius 1 is 0.630 bits per heavy atom. The SMILES string of the molecule is CC(C)[C@@H](OCc1cn([C@H]2C[C@@H](O)[C@@H](COP(=O)(O)OP(=O)(O)OP(=O)(O)O)O2)c(=O)[nH]c1=O)c1ccc(C#CCN)cc1[N+](=O)[O-].COc1cc2c(-c3cc(C(=O)NCC#Cc4ccc([C@H](OCc5cn([C@H]6C[C@@H](O)[C@@H](COP(=O)(O)OP(=O)(O)OP(=O)(O)O)O6)c(=O)[nH]c5=O)C(C)C)c([N+](=O)[O-])c4)ccc3C(=O)O)c3cc(OC)c(=O)c(Cl)c-3oc2c(Cl)c1[O-]. The minimum absolute atomic E-state index is 0.0134. The van der Waals surface area contributed by atoms with Crippen LogP contribution in [-0.4, -0.2) is 160 Å². The van der Waals surface area contributed by atoms with E-state index in [1.165, 1.54) is 62.8 Å². The molecule has 16 N–H and O–H groups in total. The highest BCUT2D eigenvalue weighted by Crippen LogP contribution is 2.68. The summed E-state index contributed by atoms with van der Waals surface area (Å²) in [4.78, 5) is 190. The number of methoxy groups -OCH3 is 2. The van der Waals surface area contributed by atoms with Crippen molar-refractivity contribution in [2.75, 3.05) is 40.5 Å². The highest BCUT2D eigenvalue weighted by atomic mass is 35.5. The van der Waals surface area contributed by atoms with Crippen molar-refractivity contribution >= 4 is 104 Å². The summed E-state index contributed by atoms with van der Waals surface area (Å²) in [7, 11) is -31.7. The lowest BCUT2D eigenvalue weighted by molar-refractivity contribution is -0.386. The summed E-state index contributed by atoms with van der Waals surface area (Å²) in [5.74, 6) is 6.14. The molecule has 0 bridgehead atoms. The molecule has 1 aliphatic carbocycles. The van der Waals surface area contributed by atoms with Crippen molar-refractivity contribution < 1.29 is 166 Å². The summed E-state index contributed by atoms with van der Waals surface area (Å²) in [5, 5.41) is 70.3. The zero-order valence-electron chi connectivity index (χ0n) is 65.8. The molecule has 58 heteroatoms. The van der Waals surface area contributed by atoms with E-state index in [1.807, 2.05) is 0 Å². The number of nitrogens with one attached hydrogen (secondary N) is 3. The Labute approximate surface area is 721 Å². The molecule has 12 atom stereocenters. The molecule has 686 valence electrons. The van der Waals surface area contributed by atoms with Gasteiger partial charge in [0.15, 0.2) is 17.1 Å². The fourth-order valence-electron chi connectivity index (χ4n) is 12.6. The quantitative estimate of drug-likeness (QED) is 0.00748. The van der Waals surface area contributed by atoms with Crippen molar-refractivity contribution in [2.24, 2.45) is 17.6 Å². The van der Waals surface area contributed by atoms with Crippen LogP contribution in [0.2, 0.25) is 10.0 Å². The summed E-state index contributed by atoms with van der Waals surface area (Å²) in [5.41, 5.74) is -0.354. The number of nitrogens with two attached hydrogens (primary N) is 1. The lowest BCUT2D eigenvalue weighted by Gasteiger charge is -2.22. The van der Waals surface area contributed by atoms with Crippen molar-refractivity contribution in [1.82, 2.24) is 24.4 Å². The maximum absolute atomic E-state index is 13.7. The number of phosphoric acid groups is 6. The first-order valence-corrected chi connectivity index (χ1v) is 45.7. The third-order valence-electron chi connectivity index (χ3n) is 18.0. The number of aromatic nitrogens is 4. The summed E-state index contributed by atoms with van der Waals surface area (Å²) in [6.45, 7) is 3.47. The number of hydrogen-bond donors (Lipinski definition) is 15. The third kappa shape index (κ3) is 25.9. The molecule has 2 aromatic heterocycles. The number of hydrogen-bond acceptors (Lipinski definition) is 34. The Hall–Kier alpha value is -9.69. The van der Waals surface area contributed by atoms with Gasteiger partial charge < -0.3 is 103 Å². The smallest absolute Gasteiger partial charge is 0.490 e. The summed E-state index contributed by atoms with van der Waals surface area (Å²) < 4.78 is 134. The molecule has 3 aliphatic heterocycles. The third-order valence-corrected chi connectivity index (χ3v) is 26.3. The second kappa shape index (κ2) is 41.4. The van der Waals surface area contributed by atoms with Crippen molar-refractivity contribution in [3.63, 3.8) is 0 Å². The summed E-state index contributed by atoms with van der Waals surface area (Å²) >= 11 is 12.9. The van der Waals surface area contributed by atoms with Gasteiger partial charge in [0.1, 0.15) is 35.4 Å². The van der Waals surface area contributed by atoms with E-state index in [4.69, 9.17) is 81.3 Å². The molecular formula is C69H73Cl2N8O42P6-. The van der Waals surface area contributed by atoms with Crippen LogP contribution in [0.25, 0.3) is 33.4 Å². The molecule has 5 heterocycles. The lowest BCUT2D eigenvalue weighted by Crippen LogP contribution is -2.34. The van der Waals surface area contributed by atoms with E-state index < -0.39 is 206 Å². The van der Waals surface area contributed by atoms with E-state index >= 15 is 0 Å². The van der Waals surface area contributed by atoms with Crippen LogP contribution in [0.5, 0.6) is 17.2 Å². The van der Waals surface area contributed by atoms with E-state index in [0.29, 0.717) is 5.56 Å². The van der Waals surface area contributed by atoms with Crippen LogP contribution in [0.3, 0.4) is 0 Å². The Balaban J connectivity index is 0.000000330. The maximum atomic E-state index is 13.7. The Morgan fingerprint density at radius 3 is 1.50 bits per heavy atom. The topological polar surface area (TPSA) is 757 Å². The fraction of sp³-hybridized carbons (Fsp3) is 0.348. The largest absolute Gasteiger partial charge is 0.869 e. The second-order valence-corrected chi connectivity index (χ2v) is 37.1. The molecule has 50 nitrogen and oxygen atoms in total. The van der Waals surface area contributed by atoms with Crippen LogP contribution >= 0.6 is 70.1 Å². The van der Waals surface area contributed by atoms with Gasteiger partial charge in [-0.3, -0.25) is 67.6 Å². The number of aromatic amines is 2. The molecule has 4 aliphatic rings. The normalized spacial score (nSPS) is 18.8. The first kappa shape index (κ1) is 101. The van der Waals surface area contributed by atoms with Crippen LogP contribution in [0.1, 0.15) is 119 Å². The average Bonchev–Trinajstić information content (AvgIpc) is 1.12. The van der Waals surface area contributed by atoms with Crippen LogP contribution in [0.15, 0.2) is 108 Å². The number of H-pyrrole nitrogens is 2. The molecule has 0 spiro atoms. The monoisotopic (exact) mass is 1940 g/mol. The minimum Gasteiger partial charge on any atom is -0.869 e. The number of aliphatic hydroxyl groups is 2. The Bertz CT molecular complexity index is 6350. The molecule has 2 fully saturated rings. The molecule has 1 amide bonds. The van der Waals surface area contributed by atoms with E-state index in [0.717, 1.165) is 33.7 Å².